The summed E-state index contributed by atoms with van der Waals surface area (Å²) in [6.45, 7) is 0. The molecule has 0 unspecified atom stereocenters. The van der Waals surface area contributed by atoms with E-state index in [0.717, 1.165) is 17.5 Å². The van der Waals surface area contributed by atoms with E-state index in [1.165, 1.54) is 7.11 Å². The number of carbonyl (C=O) groups excluding carboxylic acids is 1. The van der Waals surface area contributed by atoms with Crippen LogP contribution in [0.5, 0.6) is 5.75 Å². The summed E-state index contributed by atoms with van der Waals surface area (Å²) in [7, 11) is 1.53. The van der Waals surface area contributed by atoms with E-state index in [4.69, 9.17) is 4.74 Å². The van der Waals surface area contributed by atoms with E-state index in [2.05, 4.69) is 10.3 Å². The van der Waals surface area contributed by atoms with Crippen LogP contribution in [0.3, 0.4) is 0 Å². The predicted octanol–water partition coefficient (Wildman–Crippen LogP) is 2.31. The van der Waals surface area contributed by atoms with E-state index in [1.807, 2.05) is 0 Å². The van der Waals surface area contributed by atoms with Crippen LogP contribution in [0, 0.1) is 10.1 Å². The summed E-state index contributed by atoms with van der Waals surface area (Å²) in [5.74, 6) is 0.258. The van der Waals surface area contributed by atoms with Gasteiger partial charge in [0.05, 0.1) is 12.0 Å². The monoisotopic (exact) mass is 279 g/mol. The van der Waals surface area contributed by atoms with Gasteiger partial charge in [-0.05, 0) is 35.6 Å². The minimum absolute atomic E-state index is 0.120. The van der Waals surface area contributed by atoms with Crippen LogP contribution in [0.1, 0.15) is 10.4 Å². The van der Waals surface area contributed by atoms with Gasteiger partial charge >= 0.3 is 5.00 Å². The van der Waals surface area contributed by atoms with Gasteiger partial charge in [0.25, 0.3) is 5.91 Å². The number of nitrogens with zero attached hydrogens (tertiary/aromatic N) is 2. The van der Waals surface area contributed by atoms with E-state index in [1.54, 1.807) is 24.3 Å². The molecule has 0 saturated carbocycles. The maximum absolute atomic E-state index is 11.8. The number of hydrogen-bond acceptors (Lipinski definition) is 6. The van der Waals surface area contributed by atoms with Gasteiger partial charge in [0.15, 0.2) is 5.13 Å². The Hall–Kier alpha value is -2.48. The van der Waals surface area contributed by atoms with Gasteiger partial charge in [-0.15, -0.1) is 0 Å². The number of ether oxygens (including phenoxy) is 1. The molecular weight excluding hydrogens is 270 g/mol. The van der Waals surface area contributed by atoms with Crippen molar-refractivity contribution in [3.05, 3.63) is 46.1 Å². The van der Waals surface area contributed by atoms with Crippen molar-refractivity contribution in [3.63, 3.8) is 0 Å². The summed E-state index contributed by atoms with van der Waals surface area (Å²) in [6.07, 6.45) is 1.11. The summed E-state index contributed by atoms with van der Waals surface area (Å²) >= 11 is 0.805. The van der Waals surface area contributed by atoms with Crippen molar-refractivity contribution in [1.29, 1.82) is 0 Å². The molecule has 0 spiro atoms. The van der Waals surface area contributed by atoms with Gasteiger partial charge in [-0.1, -0.05) is 0 Å². The number of rotatable bonds is 4. The Morgan fingerprint density at radius 2 is 2.11 bits per heavy atom. The molecule has 0 aliphatic carbocycles. The van der Waals surface area contributed by atoms with E-state index >= 15 is 0 Å². The number of thiazole rings is 1. The second-order valence-electron chi connectivity index (χ2n) is 3.44. The van der Waals surface area contributed by atoms with Crippen molar-refractivity contribution in [2.75, 3.05) is 12.4 Å². The zero-order valence-electron chi connectivity index (χ0n) is 9.82. The summed E-state index contributed by atoms with van der Waals surface area (Å²) in [5.41, 5.74) is 0.415. The van der Waals surface area contributed by atoms with E-state index in [-0.39, 0.29) is 16.0 Å². The molecule has 7 nitrogen and oxygen atoms in total. The normalized spacial score (nSPS) is 9.95. The summed E-state index contributed by atoms with van der Waals surface area (Å²) in [4.78, 5) is 25.5. The number of amides is 1. The van der Waals surface area contributed by atoms with Gasteiger partial charge < -0.3 is 4.74 Å². The third-order valence-corrected chi connectivity index (χ3v) is 3.11. The van der Waals surface area contributed by atoms with Crippen LogP contribution in [-0.4, -0.2) is 22.9 Å². The lowest BCUT2D eigenvalue weighted by atomic mass is 10.2. The number of benzene rings is 1. The largest absolute Gasteiger partial charge is 0.497 e. The van der Waals surface area contributed by atoms with Crippen LogP contribution in [0.2, 0.25) is 0 Å². The molecule has 0 fully saturated rings. The quantitative estimate of drug-likeness (QED) is 0.684. The van der Waals surface area contributed by atoms with Crippen molar-refractivity contribution >= 4 is 27.4 Å². The zero-order chi connectivity index (χ0) is 13.8. The highest BCUT2D eigenvalue weighted by Gasteiger charge is 2.14. The molecule has 1 aromatic carbocycles. The molecule has 98 valence electrons. The van der Waals surface area contributed by atoms with Gasteiger partial charge in [-0.3, -0.25) is 20.2 Å². The summed E-state index contributed by atoms with van der Waals surface area (Å²) in [5, 5.41) is 13.1. The SMILES string of the molecule is COc1ccc(C(=O)Nc2ncc([N+](=O)[O-])s2)cc1. The summed E-state index contributed by atoms with van der Waals surface area (Å²) in [6, 6.07) is 6.49. The van der Waals surface area contributed by atoms with Crippen LogP contribution in [0.25, 0.3) is 0 Å². The van der Waals surface area contributed by atoms with Crippen molar-refractivity contribution in [1.82, 2.24) is 4.98 Å². The van der Waals surface area contributed by atoms with Crippen LogP contribution in [-0.2, 0) is 0 Å². The number of aromatic nitrogens is 1. The fraction of sp³-hybridized carbons (Fsp3) is 0.0909. The number of nitro groups is 1. The number of methoxy groups -OCH3 is 1. The highest BCUT2D eigenvalue weighted by atomic mass is 32.1. The van der Waals surface area contributed by atoms with Crippen molar-refractivity contribution in [2.24, 2.45) is 0 Å². The molecule has 1 N–H and O–H groups in total. The highest BCUT2D eigenvalue weighted by molar-refractivity contribution is 7.18. The molecule has 1 heterocycles. The van der Waals surface area contributed by atoms with Gasteiger partial charge in [0.1, 0.15) is 11.9 Å². The maximum Gasteiger partial charge on any atom is 0.345 e. The number of nitrogens with one attached hydrogen (secondary N) is 1. The molecule has 0 aliphatic rings. The molecule has 0 bridgehead atoms. The van der Waals surface area contributed by atoms with E-state index in [0.29, 0.717) is 11.3 Å². The third kappa shape index (κ3) is 3.05. The van der Waals surface area contributed by atoms with Gasteiger partial charge in [0, 0.05) is 5.56 Å². The lowest BCUT2D eigenvalue weighted by Gasteiger charge is -2.02. The Labute approximate surface area is 112 Å². The van der Waals surface area contributed by atoms with Crippen molar-refractivity contribution in [3.8, 4) is 5.75 Å². The zero-order valence-corrected chi connectivity index (χ0v) is 10.6. The Morgan fingerprint density at radius 1 is 1.42 bits per heavy atom. The van der Waals surface area contributed by atoms with Crippen LogP contribution < -0.4 is 10.1 Å². The molecule has 2 rings (SSSR count). The highest BCUT2D eigenvalue weighted by Crippen LogP contribution is 2.25. The molecule has 19 heavy (non-hydrogen) atoms. The molecule has 0 aliphatic heterocycles. The standard InChI is InChI=1S/C11H9N3O4S/c1-18-8-4-2-7(3-5-8)10(15)13-11-12-6-9(19-11)14(16)17/h2-6H,1H3,(H,12,13,15). The van der Waals surface area contributed by atoms with Gasteiger partial charge in [0.2, 0.25) is 0 Å². The minimum Gasteiger partial charge on any atom is -0.497 e. The number of hydrogen-bond donors (Lipinski definition) is 1. The minimum atomic E-state index is -0.555. The Bertz CT molecular complexity index is 609. The van der Waals surface area contributed by atoms with Crippen molar-refractivity contribution < 1.29 is 14.5 Å². The van der Waals surface area contributed by atoms with Crippen LogP contribution in [0.15, 0.2) is 30.5 Å². The van der Waals surface area contributed by atoms with E-state index < -0.39 is 4.92 Å². The molecule has 0 radical (unpaired) electrons. The average molecular weight is 279 g/mol. The lowest BCUT2D eigenvalue weighted by molar-refractivity contribution is -0.380. The first kappa shape index (κ1) is 13.0. The van der Waals surface area contributed by atoms with Crippen molar-refractivity contribution in [2.45, 2.75) is 0 Å². The first-order valence-corrected chi connectivity index (χ1v) is 5.97. The van der Waals surface area contributed by atoms with E-state index in [9.17, 15) is 14.9 Å². The first-order chi connectivity index (χ1) is 9.10. The second-order valence-corrected chi connectivity index (χ2v) is 4.45. The molecule has 1 aromatic heterocycles. The predicted molar refractivity (Wildman–Crippen MR) is 69.7 cm³/mol. The maximum atomic E-state index is 11.8. The second kappa shape index (κ2) is 5.44. The number of anilines is 1. The Kier molecular flexibility index (Phi) is 3.71. The third-order valence-electron chi connectivity index (χ3n) is 2.25. The molecular formula is C11H9N3O4S. The molecule has 8 heteroatoms. The number of carbonyl (C=O) groups is 1. The Balaban J connectivity index is 2.08. The summed E-state index contributed by atoms with van der Waals surface area (Å²) < 4.78 is 4.98. The van der Waals surface area contributed by atoms with Gasteiger partial charge in [-0.2, -0.15) is 0 Å². The average Bonchev–Trinajstić information content (AvgIpc) is 2.87. The molecule has 0 saturated heterocycles. The Morgan fingerprint density at radius 3 is 2.63 bits per heavy atom. The topological polar surface area (TPSA) is 94.4 Å². The van der Waals surface area contributed by atoms with Crippen LogP contribution >= 0.6 is 11.3 Å². The molecule has 1 amide bonds. The molecule has 0 atom stereocenters. The van der Waals surface area contributed by atoms with Gasteiger partial charge in [-0.25, -0.2) is 4.98 Å². The molecule has 2 aromatic rings. The fourth-order valence-electron chi connectivity index (χ4n) is 1.32. The smallest absolute Gasteiger partial charge is 0.345 e. The fourth-order valence-corrected chi connectivity index (χ4v) is 1.95. The first-order valence-electron chi connectivity index (χ1n) is 5.16. The van der Waals surface area contributed by atoms with Crippen LogP contribution in [0.4, 0.5) is 10.1 Å². The lowest BCUT2D eigenvalue weighted by Crippen LogP contribution is -2.11.